The van der Waals surface area contributed by atoms with Crippen LogP contribution in [0.25, 0.3) is 0 Å². The van der Waals surface area contributed by atoms with E-state index in [1.54, 1.807) is 6.08 Å². The number of allylic oxidation sites excluding steroid dienone is 1. The first-order valence-corrected chi connectivity index (χ1v) is 6.33. The standard InChI is InChI=1S/C14H22N2O3/c1-5-10-6-7-14(15,8-10)13(18)16-11(9(2)3)12(17)19-4/h5-6,9,11H,1,7-8,15H2,2-4H3,(H,16,18)/t11-,14+/m1/s1. The van der Waals surface area contributed by atoms with Crippen molar-refractivity contribution in [3.63, 3.8) is 0 Å². The number of carbonyl (C=O) groups is 2. The van der Waals surface area contributed by atoms with E-state index in [-0.39, 0.29) is 11.8 Å². The normalized spacial score (nSPS) is 23.7. The van der Waals surface area contributed by atoms with Crippen molar-refractivity contribution in [1.82, 2.24) is 5.32 Å². The smallest absolute Gasteiger partial charge is 0.328 e. The fourth-order valence-corrected chi connectivity index (χ4v) is 2.06. The molecule has 0 aliphatic heterocycles. The van der Waals surface area contributed by atoms with Crippen molar-refractivity contribution in [1.29, 1.82) is 0 Å². The van der Waals surface area contributed by atoms with Gasteiger partial charge in [-0.05, 0) is 18.8 Å². The summed E-state index contributed by atoms with van der Waals surface area (Å²) in [6.07, 6.45) is 4.48. The number of ether oxygens (including phenoxy) is 1. The fraction of sp³-hybridized carbons (Fsp3) is 0.571. The molecular formula is C14H22N2O3. The molecule has 0 aromatic heterocycles. The molecule has 1 amide bonds. The number of nitrogens with two attached hydrogens (primary N) is 1. The van der Waals surface area contributed by atoms with E-state index in [4.69, 9.17) is 5.73 Å². The Morgan fingerprint density at radius 3 is 2.63 bits per heavy atom. The third-order valence-electron chi connectivity index (χ3n) is 3.37. The maximum absolute atomic E-state index is 12.3. The number of hydrogen-bond acceptors (Lipinski definition) is 4. The maximum Gasteiger partial charge on any atom is 0.328 e. The summed E-state index contributed by atoms with van der Waals surface area (Å²) in [4.78, 5) is 23.9. The molecule has 0 bridgehead atoms. The molecule has 106 valence electrons. The van der Waals surface area contributed by atoms with Gasteiger partial charge in [0.05, 0.1) is 7.11 Å². The van der Waals surface area contributed by atoms with Gasteiger partial charge in [-0.1, -0.05) is 38.2 Å². The third-order valence-corrected chi connectivity index (χ3v) is 3.37. The number of amides is 1. The van der Waals surface area contributed by atoms with Crippen LogP contribution in [0.3, 0.4) is 0 Å². The number of nitrogens with one attached hydrogen (secondary N) is 1. The van der Waals surface area contributed by atoms with Crippen molar-refractivity contribution in [3.8, 4) is 0 Å². The minimum atomic E-state index is -0.995. The van der Waals surface area contributed by atoms with E-state index >= 15 is 0 Å². The highest BCUT2D eigenvalue weighted by Crippen LogP contribution is 2.28. The van der Waals surface area contributed by atoms with Crippen molar-refractivity contribution in [2.75, 3.05) is 7.11 Å². The predicted molar refractivity (Wildman–Crippen MR) is 73.2 cm³/mol. The second-order valence-corrected chi connectivity index (χ2v) is 5.24. The summed E-state index contributed by atoms with van der Waals surface area (Å²) in [5.74, 6) is -0.847. The third kappa shape index (κ3) is 3.44. The van der Waals surface area contributed by atoms with E-state index in [0.717, 1.165) is 5.57 Å². The van der Waals surface area contributed by atoms with Crippen LogP contribution in [-0.4, -0.2) is 30.6 Å². The summed E-state index contributed by atoms with van der Waals surface area (Å²) >= 11 is 0. The van der Waals surface area contributed by atoms with Gasteiger partial charge < -0.3 is 15.8 Å². The van der Waals surface area contributed by atoms with Gasteiger partial charge in [0.1, 0.15) is 11.6 Å². The number of carbonyl (C=O) groups excluding carboxylic acids is 2. The summed E-state index contributed by atoms with van der Waals surface area (Å²) in [7, 11) is 1.30. The van der Waals surface area contributed by atoms with Crippen molar-refractivity contribution in [3.05, 3.63) is 24.3 Å². The van der Waals surface area contributed by atoms with Gasteiger partial charge in [0.25, 0.3) is 0 Å². The van der Waals surface area contributed by atoms with E-state index in [1.807, 2.05) is 19.9 Å². The lowest BCUT2D eigenvalue weighted by Crippen LogP contribution is -2.57. The number of methoxy groups -OCH3 is 1. The van der Waals surface area contributed by atoms with E-state index in [9.17, 15) is 9.59 Å². The number of rotatable bonds is 5. The minimum absolute atomic E-state index is 0.0618. The SMILES string of the molecule is C=CC1=CC[C@@](N)(C(=O)N[C@@H](C(=O)OC)C(C)C)C1. The molecule has 0 unspecified atom stereocenters. The first-order chi connectivity index (χ1) is 8.84. The summed E-state index contributed by atoms with van der Waals surface area (Å²) in [6, 6.07) is -0.675. The quantitative estimate of drug-likeness (QED) is 0.725. The molecular weight excluding hydrogens is 244 g/mol. The zero-order valence-corrected chi connectivity index (χ0v) is 11.7. The zero-order chi connectivity index (χ0) is 14.6. The van der Waals surface area contributed by atoms with Gasteiger partial charge in [0.2, 0.25) is 5.91 Å². The van der Waals surface area contributed by atoms with Crippen LogP contribution in [0.5, 0.6) is 0 Å². The Hall–Kier alpha value is -1.62. The molecule has 2 atom stereocenters. The monoisotopic (exact) mass is 266 g/mol. The highest BCUT2D eigenvalue weighted by Gasteiger charge is 2.39. The van der Waals surface area contributed by atoms with Crippen LogP contribution in [0.4, 0.5) is 0 Å². The molecule has 0 heterocycles. The van der Waals surface area contributed by atoms with Crippen molar-refractivity contribution in [2.24, 2.45) is 11.7 Å². The largest absolute Gasteiger partial charge is 0.467 e. The van der Waals surface area contributed by atoms with Crippen LogP contribution in [-0.2, 0) is 14.3 Å². The second kappa shape index (κ2) is 6.02. The molecule has 5 heteroatoms. The molecule has 0 saturated carbocycles. The highest BCUT2D eigenvalue weighted by atomic mass is 16.5. The summed E-state index contributed by atoms with van der Waals surface area (Å²) in [6.45, 7) is 7.35. The molecule has 0 aromatic rings. The van der Waals surface area contributed by atoms with E-state index in [1.165, 1.54) is 7.11 Å². The maximum atomic E-state index is 12.3. The molecule has 0 fully saturated rings. The van der Waals surface area contributed by atoms with Crippen LogP contribution in [0, 0.1) is 5.92 Å². The Balaban J connectivity index is 2.73. The zero-order valence-electron chi connectivity index (χ0n) is 11.7. The molecule has 0 aromatic carbocycles. The Kier molecular flexibility index (Phi) is 4.89. The lowest BCUT2D eigenvalue weighted by atomic mass is 9.93. The lowest BCUT2D eigenvalue weighted by molar-refractivity contribution is -0.147. The van der Waals surface area contributed by atoms with Crippen LogP contribution in [0.2, 0.25) is 0 Å². The Bertz CT molecular complexity index is 415. The molecule has 5 nitrogen and oxygen atoms in total. The van der Waals surface area contributed by atoms with Crippen LogP contribution < -0.4 is 11.1 Å². The van der Waals surface area contributed by atoms with Gasteiger partial charge in [0.15, 0.2) is 0 Å². The average molecular weight is 266 g/mol. The van der Waals surface area contributed by atoms with Crippen molar-refractivity contribution >= 4 is 11.9 Å². The second-order valence-electron chi connectivity index (χ2n) is 5.24. The van der Waals surface area contributed by atoms with Crippen molar-refractivity contribution < 1.29 is 14.3 Å². The Labute approximate surface area is 113 Å². The predicted octanol–water partition coefficient (Wildman–Crippen LogP) is 0.904. The molecule has 0 spiro atoms. The summed E-state index contributed by atoms with van der Waals surface area (Å²) in [5, 5.41) is 2.69. The molecule has 0 saturated heterocycles. The lowest BCUT2D eigenvalue weighted by Gasteiger charge is -2.27. The van der Waals surface area contributed by atoms with E-state index in [0.29, 0.717) is 12.8 Å². The average Bonchev–Trinajstić information content (AvgIpc) is 2.77. The summed E-state index contributed by atoms with van der Waals surface area (Å²) < 4.78 is 4.69. The van der Waals surface area contributed by atoms with Gasteiger partial charge in [-0.2, -0.15) is 0 Å². The Morgan fingerprint density at radius 1 is 1.58 bits per heavy atom. The van der Waals surface area contributed by atoms with Gasteiger partial charge in [-0.15, -0.1) is 0 Å². The molecule has 1 aliphatic rings. The molecule has 1 aliphatic carbocycles. The van der Waals surface area contributed by atoms with E-state index in [2.05, 4.69) is 16.6 Å². The number of esters is 1. The van der Waals surface area contributed by atoms with Crippen LogP contribution in [0.1, 0.15) is 26.7 Å². The molecule has 3 N–H and O–H groups in total. The van der Waals surface area contributed by atoms with Gasteiger partial charge in [0, 0.05) is 0 Å². The first-order valence-electron chi connectivity index (χ1n) is 6.33. The number of hydrogen-bond donors (Lipinski definition) is 2. The van der Waals surface area contributed by atoms with Gasteiger partial charge in [-0.3, -0.25) is 4.79 Å². The van der Waals surface area contributed by atoms with Gasteiger partial charge in [-0.25, -0.2) is 4.79 Å². The molecule has 19 heavy (non-hydrogen) atoms. The molecule has 0 radical (unpaired) electrons. The summed E-state index contributed by atoms with van der Waals surface area (Å²) in [5.41, 5.74) is 6.05. The Morgan fingerprint density at radius 2 is 2.21 bits per heavy atom. The van der Waals surface area contributed by atoms with Gasteiger partial charge >= 0.3 is 5.97 Å². The minimum Gasteiger partial charge on any atom is -0.467 e. The van der Waals surface area contributed by atoms with E-state index < -0.39 is 17.6 Å². The van der Waals surface area contributed by atoms with Crippen molar-refractivity contribution in [2.45, 2.75) is 38.3 Å². The topological polar surface area (TPSA) is 81.4 Å². The van der Waals surface area contributed by atoms with Crippen LogP contribution in [0.15, 0.2) is 24.3 Å². The first kappa shape index (κ1) is 15.4. The molecule has 1 rings (SSSR count). The van der Waals surface area contributed by atoms with Crippen LogP contribution >= 0.6 is 0 Å². The fourth-order valence-electron chi connectivity index (χ4n) is 2.06. The highest BCUT2D eigenvalue weighted by molar-refractivity contribution is 5.91.